The Balaban J connectivity index is 1.98. The Morgan fingerprint density at radius 3 is 2.32 bits per heavy atom. The number of amides is 1. The standard InChI is InChI=1S/C23H20F3NO3S/c1-3-30-22(29)17-13-19(14(2)15-9-5-4-6-10-15)31-21(17)27-20(28)16-11-7-8-12-18(16)23(24,25)26/h4-14H,3H2,1-2H3,(H,27,28). The summed E-state index contributed by atoms with van der Waals surface area (Å²) in [5.74, 6) is -1.68. The summed E-state index contributed by atoms with van der Waals surface area (Å²) in [6.45, 7) is 3.72. The Hall–Kier alpha value is -3.13. The zero-order chi connectivity index (χ0) is 22.6. The van der Waals surface area contributed by atoms with Crippen LogP contribution in [-0.4, -0.2) is 18.5 Å². The van der Waals surface area contributed by atoms with Gasteiger partial charge in [0.25, 0.3) is 5.91 Å². The van der Waals surface area contributed by atoms with Gasteiger partial charge in [-0.05, 0) is 30.7 Å². The van der Waals surface area contributed by atoms with Gasteiger partial charge in [-0.25, -0.2) is 4.79 Å². The summed E-state index contributed by atoms with van der Waals surface area (Å²) in [5.41, 5.74) is -0.447. The van der Waals surface area contributed by atoms with Gasteiger partial charge >= 0.3 is 12.1 Å². The molecule has 0 fully saturated rings. The Bertz CT molecular complexity index is 1080. The predicted octanol–water partition coefficient (Wildman–Crippen LogP) is 6.35. The zero-order valence-electron chi connectivity index (χ0n) is 16.8. The van der Waals surface area contributed by atoms with Crippen molar-refractivity contribution < 1.29 is 27.5 Å². The molecule has 0 spiro atoms. The lowest BCUT2D eigenvalue weighted by molar-refractivity contribution is -0.137. The normalized spacial score (nSPS) is 12.3. The van der Waals surface area contributed by atoms with Crippen molar-refractivity contribution in [2.24, 2.45) is 0 Å². The summed E-state index contributed by atoms with van der Waals surface area (Å²) in [7, 11) is 0. The molecule has 0 bridgehead atoms. The number of hydrogen-bond donors (Lipinski definition) is 1. The second-order valence-corrected chi connectivity index (χ2v) is 7.83. The third-order valence-electron chi connectivity index (χ3n) is 4.68. The fraction of sp³-hybridized carbons (Fsp3) is 0.217. The van der Waals surface area contributed by atoms with Crippen molar-refractivity contribution in [3.8, 4) is 0 Å². The first-order valence-electron chi connectivity index (χ1n) is 9.55. The molecular weight excluding hydrogens is 427 g/mol. The molecule has 3 aromatic rings. The van der Waals surface area contributed by atoms with Crippen molar-refractivity contribution in [3.63, 3.8) is 0 Å². The van der Waals surface area contributed by atoms with Crippen molar-refractivity contribution in [1.82, 2.24) is 0 Å². The average molecular weight is 447 g/mol. The van der Waals surface area contributed by atoms with Gasteiger partial charge in [-0.3, -0.25) is 4.79 Å². The highest BCUT2D eigenvalue weighted by Gasteiger charge is 2.35. The minimum absolute atomic E-state index is 0.0903. The highest BCUT2D eigenvalue weighted by molar-refractivity contribution is 7.16. The number of thiophene rings is 1. The van der Waals surface area contributed by atoms with E-state index in [0.29, 0.717) is 0 Å². The second-order valence-electron chi connectivity index (χ2n) is 6.74. The summed E-state index contributed by atoms with van der Waals surface area (Å²) in [4.78, 5) is 25.9. The van der Waals surface area contributed by atoms with Gasteiger partial charge in [-0.2, -0.15) is 13.2 Å². The van der Waals surface area contributed by atoms with Gasteiger partial charge in [-0.15, -0.1) is 11.3 Å². The fourth-order valence-electron chi connectivity index (χ4n) is 3.08. The third kappa shape index (κ3) is 5.14. The summed E-state index contributed by atoms with van der Waals surface area (Å²) < 4.78 is 45.0. The van der Waals surface area contributed by atoms with Crippen LogP contribution in [0.15, 0.2) is 60.7 Å². The lowest BCUT2D eigenvalue weighted by Crippen LogP contribution is -2.19. The number of nitrogens with one attached hydrogen (secondary N) is 1. The Morgan fingerprint density at radius 2 is 1.68 bits per heavy atom. The maximum absolute atomic E-state index is 13.3. The summed E-state index contributed by atoms with van der Waals surface area (Å²) in [6, 6.07) is 15.7. The lowest BCUT2D eigenvalue weighted by atomic mass is 9.99. The van der Waals surface area contributed by atoms with Crippen LogP contribution in [-0.2, 0) is 10.9 Å². The van der Waals surface area contributed by atoms with E-state index in [1.807, 2.05) is 37.3 Å². The van der Waals surface area contributed by atoms with Crippen LogP contribution >= 0.6 is 11.3 Å². The van der Waals surface area contributed by atoms with E-state index in [2.05, 4.69) is 5.32 Å². The number of alkyl halides is 3. The van der Waals surface area contributed by atoms with E-state index >= 15 is 0 Å². The minimum Gasteiger partial charge on any atom is -0.462 e. The topological polar surface area (TPSA) is 55.4 Å². The van der Waals surface area contributed by atoms with Crippen LogP contribution in [0.5, 0.6) is 0 Å². The summed E-state index contributed by atoms with van der Waals surface area (Å²) in [6.07, 6.45) is -4.68. The molecule has 1 heterocycles. The molecule has 8 heteroatoms. The van der Waals surface area contributed by atoms with E-state index in [4.69, 9.17) is 4.74 Å². The monoisotopic (exact) mass is 447 g/mol. The smallest absolute Gasteiger partial charge is 0.417 e. The van der Waals surface area contributed by atoms with E-state index in [0.717, 1.165) is 33.9 Å². The zero-order valence-corrected chi connectivity index (χ0v) is 17.6. The quantitative estimate of drug-likeness (QED) is 0.448. The number of rotatable bonds is 6. The number of halogens is 3. The maximum atomic E-state index is 13.3. The minimum atomic E-state index is -4.68. The number of benzene rings is 2. The highest BCUT2D eigenvalue weighted by Crippen LogP contribution is 2.37. The molecule has 1 unspecified atom stereocenters. The first-order valence-corrected chi connectivity index (χ1v) is 10.4. The molecule has 0 aliphatic rings. The average Bonchev–Trinajstić information content (AvgIpc) is 3.17. The summed E-state index contributed by atoms with van der Waals surface area (Å²) in [5, 5.41) is 2.64. The van der Waals surface area contributed by atoms with Crippen LogP contribution in [0.25, 0.3) is 0 Å². The van der Waals surface area contributed by atoms with Gasteiger partial charge < -0.3 is 10.1 Å². The molecule has 0 saturated heterocycles. The molecule has 3 rings (SSSR count). The van der Waals surface area contributed by atoms with E-state index in [-0.39, 0.29) is 23.1 Å². The van der Waals surface area contributed by atoms with Gasteiger partial charge in [0.05, 0.1) is 23.3 Å². The van der Waals surface area contributed by atoms with Crippen molar-refractivity contribution in [3.05, 3.63) is 87.8 Å². The molecule has 1 aromatic heterocycles. The number of esters is 1. The van der Waals surface area contributed by atoms with Crippen LogP contribution in [0.2, 0.25) is 0 Å². The predicted molar refractivity (Wildman–Crippen MR) is 114 cm³/mol. The molecule has 162 valence electrons. The van der Waals surface area contributed by atoms with Gasteiger partial charge in [0.1, 0.15) is 5.00 Å². The first kappa shape index (κ1) is 22.6. The van der Waals surface area contributed by atoms with Crippen LogP contribution < -0.4 is 5.32 Å². The molecule has 0 radical (unpaired) electrons. The van der Waals surface area contributed by atoms with Crippen LogP contribution in [0, 0.1) is 0 Å². The third-order valence-corrected chi connectivity index (χ3v) is 5.91. The molecule has 0 aliphatic heterocycles. The van der Waals surface area contributed by atoms with E-state index in [1.54, 1.807) is 13.0 Å². The van der Waals surface area contributed by atoms with Crippen LogP contribution in [0.4, 0.5) is 18.2 Å². The lowest BCUT2D eigenvalue weighted by Gasteiger charge is -2.12. The SMILES string of the molecule is CCOC(=O)c1cc(C(C)c2ccccc2)sc1NC(=O)c1ccccc1C(F)(F)F. The van der Waals surface area contributed by atoms with Gasteiger partial charge in [-0.1, -0.05) is 49.4 Å². The number of anilines is 1. The Morgan fingerprint density at radius 1 is 1.03 bits per heavy atom. The largest absolute Gasteiger partial charge is 0.462 e. The Kier molecular flexibility index (Phi) is 6.80. The van der Waals surface area contributed by atoms with Crippen molar-refractivity contribution in [2.75, 3.05) is 11.9 Å². The van der Waals surface area contributed by atoms with Gasteiger partial charge in [0, 0.05) is 10.8 Å². The molecule has 2 aromatic carbocycles. The molecule has 1 N–H and O–H groups in total. The van der Waals surface area contributed by atoms with E-state index < -0.39 is 29.2 Å². The number of hydrogen-bond acceptors (Lipinski definition) is 4. The molecule has 1 atom stereocenters. The maximum Gasteiger partial charge on any atom is 0.417 e. The Labute approximate surface area is 181 Å². The molecule has 31 heavy (non-hydrogen) atoms. The second kappa shape index (κ2) is 9.34. The van der Waals surface area contributed by atoms with Crippen LogP contribution in [0.1, 0.15) is 56.5 Å². The summed E-state index contributed by atoms with van der Waals surface area (Å²) >= 11 is 1.14. The molecular formula is C23H20F3NO3S. The van der Waals surface area contributed by atoms with Crippen LogP contribution in [0.3, 0.4) is 0 Å². The van der Waals surface area contributed by atoms with E-state index in [9.17, 15) is 22.8 Å². The molecule has 1 amide bonds. The van der Waals surface area contributed by atoms with Crippen molar-refractivity contribution in [2.45, 2.75) is 25.9 Å². The number of carbonyl (C=O) groups is 2. The van der Waals surface area contributed by atoms with Gasteiger partial charge in [0.2, 0.25) is 0 Å². The number of ether oxygens (including phenoxy) is 1. The van der Waals surface area contributed by atoms with Crippen molar-refractivity contribution in [1.29, 1.82) is 0 Å². The number of carbonyl (C=O) groups excluding carboxylic acids is 2. The van der Waals surface area contributed by atoms with Crippen molar-refractivity contribution >= 4 is 28.2 Å². The molecule has 0 aliphatic carbocycles. The molecule has 0 saturated carbocycles. The molecule has 4 nitrogen and oxygen atoms in total. The first-order chi connectivity index (χ1) is 14.7. The fourth-order valence-corrected chi connectivity index (χ4v) is 4.20. The van der Waals surface area contributed by atoms with E-state index in [1.165, 1.54) is 12.1 Å². The van der Waals surface area contributed by atoms with Gasteiger partial charge in [0.15, 0.2) is 0 Å². The highest BCUT2D eigenvalue weighted by atomic mass is 32.1.